The van der Waals surface area contributed by atoms with Crippen LogP contribution in [0.2, 0.25) is 0 Å². The van der Waals surface area contributed by atoms with E-state index >= 15 is 0 Å². The van der Waals surface area contributed by atoms with Gasteiger partial charge in [0.15, 0.2) is 5.82 Å². The Morgan fingerprint density at radius 1 is 1.50 bits per heavy atom. The smallest absolute Gasteiger partial charge is 0.255 e. The molecule has 4 N–H and O–H groups in total. The van der Waals surface area contributed by atoms with Crippen LogP contribution in [-0.2, 0) is 0 Å². The van der Waals surface area contributed by atoms with Crippen LogP contribution in [0.1, 0.15) is 49.4 Å². The number of pyridine rings is 1. The van der Waals surface area contributed by atoms with Crippen LogP contribution >= 0.6 is 0 Å². The van der Waals surface area contributed by atoms with Crippen molar-refractivity contribution in [3.05, 3.63) is 23.9 Å². The summed E-state index contributed by atoms with van der Waals surface area (Å²) in [5.41, 5.74) is 2.94. The van der Waals surface area contributed by atoms with Crippen molar-refractivity contribution in [1.29, 1.82) is 0 Å². The molecule has 5 heteroatoms. The number of nitrogen functional groups attached to an aromatic ring is 1. The van der Waals surface area contributed by atoms with Crippen LogP contribution in [0.25, 0.3) is 0 Å². The van der Waals surface area contributed by atoms with Crippen LogP contribution in [0.15, 0.2) is 18.3 Å². The van der Waals surface area contributed by atoms with Gasteiger partial charge in [0.1, 0.15) is 0 Å². The third-order valence-electron chi connectivity index (χ3n) is 4.07. The Hall–Kier alpha value is -1.62. The molecule has 1 amide bonds. The number of carbonyl (C=O) groups excluding carboxylic acids is 1. The monoisotopic (exact) mass is 276 g/mol. The Morgan fingerprint density at radius 2 is 2.35 bits per heavy atom. The average molecular weight is 276 g/mol. The van der Waals surface area contributed by atoms with Gasteiger partial charge in [-0.05, 0) is 36.8 Å². The van der Waals surface area contributed by atoms with E-state index in [1.54, 1.807) is 18.3 Å². The van der Waals surface area contributed by atoms with Crippen LogP contribution in [0.4, 0.5) is 5.82 Å². The van der Waals surface area contributed by atoms with Crippen molar-refractivity contribution in [3.8, 4) is 0 Å². The molecule has 110 valence electrons. The largest absolute Gasteiger partial charge is 0.352 e. The molecule has 2 rings (SSSR count). The van der Waals surface area contributed by atoms with Gasteiger partial charge in [-0.15, -0.1) is 0 Å². The summed E-state index contributed by atoms with van der Waals surface area (Å²) in [6.07, 6.45) is 7.92. The second kappa shape index (κ2) is 7.24. The fraction of sp³-hybridized carbons (Fsp3) is 0.600. The van der Waals surface area contributed by atoms with Crippen molar-refractivity contribution in [2.45, 2.75) is 39.0 Å². The highest BCUT2D eigenvalue weighted by Gasteiger charge is 2.19. The normalized spacial score (nSPS) is 22.3. The Morgan fingerprint density at radius 3 is 3.10 bits per heavy atom. The summed E-state index contributed by atoms with van der Waals surface area (Å²) in [7, 11) is 0. The van der Waals surface area contributed by atoms with Gasteiger partial charge in [-0.1, -0.05) is 26.2 Å². The summed E-state index contributed by atoms with van der Waals surface area (Å²) in [6, 6.07) is 3.46. The first-order valence-electron chi connectivity index (χ1n) is 7.40. The van der Waals surface area contributed by atoms with Gasteiger partial charge in [0.05, 0.1) is 5.56 Å². The molecule has 20 heavy (non-hydrogen) atoms. The number of amides is 1. The standard InChI is InChI=1S/C15H24N4O/c1-11-4-2-5-12(10-11)7-9-18-15(20)13-6-3-8-17-14(13)19-16/h3,6,8,11-12H,2,4-5,7,9-10,16H2,1H3,(H,17,19)(H,18,20). The minimum Gasteiger partial charge on any atom is -0.352 e. The summed E-state index contributed by atoms with van der Waals surface area (Å²) in [5.74, 6) is 7.23. The van der Waals surface area contributed by atoms with Crippen molar-refractivity contribution in [3.63, 3.8) is 0 Å². The van der Waals surface area contributed by atoms with E-state index < -0.39 is 0 Å². The third-order valence-corrected chi connectivity index (χ3v) is 4.07. The van der Waals surface area contributed by atoms with E-state index in [1.165, 1.54) is 25.7 Å². The van der Waals surface area contributed by atoms with Gasteiger partial charge in [0, 0.05) is 12.7 Å². The number of aromatic nitrogens is 1. The molecule has 2 atom stereocenters. The summed E-state index contributed by atoms with van der Waals surface area (Å²) in [5, 5.41) is 2.96. The van der Waals surface area contributed by atoms with Crippen molar-refractivity contribution in [2.24, 2.45) is 17.7 Å². The summed E-state index contributed by atoms with van der Waals surface area (Å²) in [6.45, 7) is 3.04. The van der Waals surface area contributed by atoms with E-state index in [1.807, 2.05) is 0 Å². The molecule has 0 radical (unpaired) electrons. The van der Waals surface area contributed by atoms with Gasteiger partial charge in [-0.25, -0.2) is 10.8 Å². The van der Waals surface area contributed by atoms with Crippen molar-refractivity contribution >= 4 is 11.7 Å². The summed E-state index contributed by atoms with van der Waals surface area (Å²) in [4.78, 5) is 16.1. The van der Waals surface area contributed by atoms with E-state index in [-0.39, 0.29) is 5.91 Å². The first kappa shape index (κ1) is 14.8. The number of anilines is 1. The zero-order valence-corrected chi connectivity index (χ0v) is 12.1. The number of nitrogens with zero attached hydrogens (tertiary/aromatic N) is 1. The molecule has 1 aromatic heterocycles. The molecule has 2 unspecified atom stereocenters. The van der Waals surface area contributed by atoms with Crippen molar-refractivity contribution in [2.75, 3.05) is 12.0 Å². The predicted octanol–water partition coefficient (Wildman–Crippen LogP) is 2.31. The molecule has 1 heterocycles. The van der Waals surface area contributed by atoms with E-state index in [0.29, 0.717) is 11.4 Å². The fourth-order valence-electron chi connectivity index (χ4n) is 3.01. The third kappa shape index (κ3) is 3.93. The maximum atomic E-state index is 12.1. The number of rotatable bonds is 5. The van der Waals surface area contributed by atoms with Crippen LogP contribution in [0.5, 0.6) is 0 Å². The molecule has 0 saturated heterocycles. The molecule has 5 nitrogen and oxygen atoms in total. The van der Waals surface area contributed by atoms with Crippen LogP contribution < -0.4 is 16.6 Å². The minimum absolute atomic E-state index is 0.116. The topological polar surface area (TPSA) is 80.0 Å². The molecule has 0 spiro atoms. The van der Waals surface area contributed by atoms with Gasteiger partial charge in [0.2, 0.25) is 0 Å². The van der Waals surface area contributed by atoms with Gasteiger partial charge < -0.3 is 10.7 Å². The second-order valence-electron chi connectivity index (χ2n) is 5.73. The Balaban J connectivity index is 1.80. The maximum absolute atomic E-state index is 12.1. The average Bonchev–Trinajstić information content (AvgIpc) is 2.47. The van der Waals surface area contributed by atoms with E-state index in [4.69, 9.17) is 5.84 Å². The second-order valence-corrected chi connectivity index (χ2v) is 5.73. The van der Waals surface area contributed by atoms with E-state index in [2.05, 4.69) is 22.7 Å². The molecule has 1 aromatic rings. The number of carbonyl (C=O) groups is 1. The Labute approximate surface area is 120 Å². The minimum atomic E-state index is -0.116. The Bertz CT molecular complexity index is 449. The summed E-state index contributed by atoms with van der Waals surface area (Å²) < 4.78 is 0. The van der Waals surface area contributed by atoms with Crippen molar-refractivity contribution < 1.29 is 4.79 Å². The Kier molecular flexibility index (Phi) is 5.35. The number of hydrogen-bond acceptors (Lipinski definition) is 4. The molecule has 1 fully saturated rings. The molecular weight excluding hydrogens is 252 g/mol. The van der Waals surface area contributed by atoms with Crippen molar-refractivity contribution in [1.82, 2.24) is 10.3 Å². The van der Waals surface area contributed by atoms with Gasteiger partial charge in [-0.2, -0.15) is 0 Å². The van der Waals surface area contributed by atoms with Crippen LogP contribution in [0, 0.1) is 11.8 Å². The van der Waals surface area contributed by atoms with Gasteiger partial charge in [0.25, 0.3) is 5.91 Å². The SMILES string of the molecule is CC1CCCC(CCNC(=O)c2cccnc2NN)C1. The lowest BCUT2D eigenvalue weighted by atomic mass is 9.81. The van der Waals surface area contributed by atoms with Crippen LogP contribution in [0.3, 0.4) is 0 Å². The number of hydrazine groups is 1. The molecule has 0 bridgehead atoms. The van der Waals surface area contributed by atoms with E-state index in [9.17, 15) is 4.79 Å². The molecule has 0 aliphatic heterocycles. The highest BCUT2D eigenvalue weighted by Crippen LogP contribution is 2.30. The zero-order chi connectivity index (χ0) is 14.4. The van der Waals surface area contributed by atoms with Gasteiger partial charge in [-0.3, -0.25) is 4.79 Å². The van der Waals surface area contributed by atoms with Crippen LogP contribution in [-0.4, -0.2) is 17.4 Å². The zero-order valence-electron chi connectivity index (χ0n) is 12.1. The lowest BCUT2D eigenvalue weighted by molar-refractivity contribution is 0.0950. The van der Waals surface area contributed by atoms with E-state index in [0.717, 1.165) is 24.8 Å². The first-order valence-corrected chi connectivity index (χ1v) is 7.40. The maximum Gasteiger partial charge on any atom is 0.255 e. The predicted molar refractivity (Wildman–Crippen MR) is 80.1 cm³/mol. The lowest BCUT2D eigenvalue weighted by Crippen LogP contribution is -2.28. The summed E-state index contributed by atoms with van der Waals surface area (Å²) >= 11 is 0. The first-order chi connectivity index (χ1) is 9.70. The number of nitrogens with two attached hydrogens (primary N) is 1. The lowest BCUT2D eigenvalue weighted by Gasteiger charge is -2.26. The quantitative estimate of drug-likeness (QED) is 0.569. The molecule has 1 saturated carbocycles. The fourth-order valence-corrected chi connectivity index (χ4v) is 3.01. The highest BCUT2D eigenvalue weighted by atomic mass is 16.1. The molecule has 0 aromatic carbocycles. The molecule has 1 aliphatic carbocycles. The highest BCUT2D eigenvalue weighted by molar-refractivity contribution is 5.98. The van der Waals surface area contributed by atoms with Gasteiger partial charge >= 0.3 is 0 Å². The number of nitrogens with one attached hydrogen (secondary N) is 2. The number of hydrogen-bond donors (Lipinski definition) is 3. The molecule has 1 aliphatic rings. The molecular formula is C15H24N4O.